The molecule has 142 valence electrons. The quantitative estimate of drug-likeness (QED) is 0.709. The molecule has 3 heterocycles. The fourth-order valence-electron chi connectivity index (χ4n) is 3.80. The van der Waals surface area contributed by atoms with Crippen molar-refractivity contribution in [3.05, 3.63) is 47.5 Å². The maximum Gasteiger partial charge on any atom is 0.227 e. The van der Waals surface area contributed by atoms with Crippen molar-refractivity contribution in [1.29, 1.82) is 0 Å². The lowest BCUT2D eigenvalue weighted by atomic mass is 10.1. The molecule has 2 aromatic heterocycles. The Morgan fingerprint density at radius 1 is 1.26 bits per heavy atom. The van der Waals surface area contributed by atoms with Gasteiger partial charge >= 0.3 is 0 Å². The second kappa shape index (κ2) is 7.10. The zero-order valence-electron chi connectivity index (χ0n) is 16.1. The molecule has 1 amide bonds. The standard InChI is InChI=1S/C21H25N3O3/c1-14-18(15(2)27-22-14)13-21(25)24-11-7-16(8-12-24)26-20-6-4-5-19-17(20)9-10-23(19)3/h4-6,9-10,16H,7-8,11-13H2,1-3H3. The van der Waals surface area contributed by atoms with Gasteiger partial charge in [-0.25, -0.2) is 0 Å². The highest BCUT2D eigenvalue weighted by molar-refractivity contribution is 5.86. The Kier molecular flexibility index (Phi) is 4.64. The summed E-state index contributed by atoms with van der Waals surface area (Å²) in [4.78, 5) is 14.6. The van der Waals surface area contributed by atoms with Crippen molar-refractivity contribution < 1.29 is 14.1 Å². The van der Waals surface area contributed by atoms with Gasteiger partial charge in [-0.2, -0.15) is 0 Å². The number of rotatable bonds is 4. The number of hydrogen-bond donors (Lipinski definition) is 0. The maximum absolute atomic E-state index is 12.6. The molecule has 1 aromatic carbocycles. The number of benzene rings is 1. The maximum atomic E-state index is 12.6. The van der Waals surface area contributed by atoms with Gasteiger partial charge in [0.1, 0.15) is 17.6 Å². The number of amides is 1. The smallest absolute Gasteiger partial charge is 0.227 e. The zero-order chi connectivity index (χ0) is 19.0. The van der Waals surface area contributed by atoms with E-state index in [1.165, 1.54) is 5.52 Å². The molecule has 0 atom stereocenters. The van der Waals surface area contributed by atoms with Gasteiger partial charge in [0.15, 0.2) is 0 Å². The summed E-state index contributed by atoms with van der Waals surface area (Å²) in [6.45, 7) is 5.17. The first kappa shape index (κ1) is 17.6. The lowest BCUT2D eigenvalue weighted by molar-refractivity contribution is -0.132. The first-order valence-electron chi connectivity index (χ1n) is 9.43. The first-order valence-corrected chi connectivity index (χ1v) is 9.43. The number of ether oxygens (including phenoxy) is 1. The average Bonchev–Trinajstić information content (AvgIpc) is 3.20. The van der Waals surface area contributed by atoms with E-state index in [1.807, 2.05) is 44.1 Å². The third-order valence-electron chi connectivity index (χ3n) is 5.49. The van der Waals surface area contributed by atoms with Crippen molar-refractivity contribution >= 4 is 16.8 Å². The van der Waals surface area contributed by atoms with E-state index < -0.39 is 0 Å². The average molecular weight is 367 g/mol. The number of fused-ring (bicyclic) bond motifs is 1. The van der Waals surface area contributed by atoms with Gasteiger partial charge in [0.25, 0.3) is 0 Å². The van der Waals surface area contributed by atoms with Gasteiger partial charge in [0.2, 0.25) is 5.91 Å². The lowest BCUT2D eigenvalue weighted by Crippen LogP contribution is -2.42. The minimum atomic E-state index is 0.132. The highest BCUT2D eigenvalue weighted by Crippen LogP contribution is 2.29. The summed E-state index contributed by atoms with van der Waals surface area (Å²) in [5.41, 5.74) is 2.88. The van der Waals surface area contributed by atoms with Gasteiger partial charge in [-0.15, -0.1) is 0 Å². The molecule has 3 aromatic rings. The molecular weight excluding hydrogens is 342 g/mol. The molecular formula is C21H25N3O3. The molecule has 0 saturated carbocycles. The summed E-state index contributed by atoms with van der Waals surface area (Å²) in [5.74, 6) is 1.79. The Bertz CT molecular complexity index is 945. The van der Waals surface area contributed by atoms with Crippen molar-refractivity contribution in [2.75, 3.05) is 13.1 Å². The van der Waals surface area contributed by atoms with Crippen LogP contribution in [0.3, 0.4) is 0 Å². The van der Waals surface area contributed by atoms with Crippen LogP contribution in [0.15, 0.2) is 35.0 Å². The predicted molar refractivity (Wildman–Crippen MR) is 103 cm³/mol. The molecule has 1 saturated heterocycles. The topological polar surface area (TPSA) is 60.5 Å². The first-order chi connectivity index (χ1) is 13.0. The molecule has 0 bridgehead atoms. The largest absolute Gasteiger partial charge is 0.490 e. The molecule has 0 radical (unpaired) electrons. The molecule has 6 heteroatoms. The summed E-state index contributed by atoms with van der Waals surface area (Å²) < 4.78 is 13.5. The normalized spacial score (nSPS) is 15.4. The summed E-state index contributed by atoms with van der Waals surface area (Å²) in [5, 5.41) is 5.07. The van der Waals surface area contributed by atoms with Gasteiger partial charge < -0.3 is 18.7 Å². The fraction of sp³-hybridized carbons (Fsp3) is 0.429. The second-order valence-electron chi connectivity index (χ2n) is 7.29. The van der Waals surface area contributed by atoms with Crippen LogP contribution >= 0.6 is 0 Å². The van der Waals surface area contributed by atoms with Gasteiger partial charge in [0.05, 0.1) is 17.6 Å². The molecule has 4 rings (SSSR count). The lowest BCUT2D eigenvalue weighted by Gasteiger charge is -2.32. The van der Waals surface area contributed by atoms with Crippen molar-refractivity contribution in [3.63, 3.8) is 0 Å². The molecule has 0 spiro atoms. The Balaban J connectivity index is 1.37. The minimum absolute atomic E-state index is 0.132. The fourth-order valence-corrected chi connectivity index (χ4v) is 3.80. The molecule has 1 aliphatic heterocycles. The van der Waals surface area contributed by atoms with Crippen molar-refractivity contribution in [3.8, 4) is 5.75 Å². The van der Waals surface area contributed by atoms with Crippen LogP contribution in [0.25, 0.3) is 10.9 Å². The third-order valence-corrected chi connectivity index (χ3v) is 5.49. The number of carbonyl (C=O) groups excluding carboxylic acids is 1. The monoisotopic (exact) mass is 367 g/mol. The number of hydrogen-bond acceptors (Lipinski definition) is 4. The molecule has 1 aliphatic rings. The third kappa shape index (κ3) is 3.44. The van der Waals surface area contributed by atoms with Crippen molar-refractivity contribution in [2.45, 2.75) is 39.2 Å². The SMILES string of the molecule is Cc1noc(C)c1CC(=O)N1CCC(Oc2cccc3c2ccn3C)CC1. The van der Waals surface area contributed by atoms with E-state index in [4.69, 9.17) is 9.26 Å². The van der Waals surface area contributed by atoms with Gasteiger partial charge in [-0.05, 0) is 32.0 Å². The van der Waals surface area contributed by atoms with Crippen LogP contribution in [0, 0.1) is 13.8 Å². The van der Waals surface area contributed by atoms with Crippen molar-refractivity contribution in [2.24, 2.45) is 7.05 Å². The van der Waals surface area contributed by atoms with E-state index in [0.29, 0.717) is 6.42 Å². The van der Waals surface area contributed by atoms with Crippen molar-refractivity contribution in [1.82, 2.24) is 14.6 Å². The van der Waals surface area contributed by atoms with Crippen LogP contribution in [0.5, 0.6) is 5.75 Å². The van der Waals surface area contributed by atoms with Gasteiger partial charge in [-0.1, -0.05) is 11.2 Å². The summed E-state index contributed by atoms with van der Waals surface area (Å²) in [7, 11) is 2.04. The molecule has 1 fully saturated rings. The number of likely N-dealkylation sites (tertiary alicyclic amines) is 1. The highest BCUT2D eigenvalue weighted by Gasteiger charge is 2.25. The van der Waals surface area contributed by atoms with Crippen LogP contribution in [-0.2, 0) is 18.3 Å². The van der Waals surface area contributed by atoms with E-state index in [0.717, 1.165) is 54.1 Å². The van der Waals surface area contributed by atoms with E-state index in [2.05, 4.69) is 21.9 Å². The Hall–Kier alpha value is -2.76. The Morgan fingerprint density at radius 2 is 2.04 bits per heavy atom. The molecule has 0 unspecified atom stereocenters. The number of carbonyl (C=O) groups is 1. The number of aromatic nitrogens is 2. The van der Waals surface area contributed by atoms with Gasteiger partial charge in [-0.3, -0.25) is 4.79 Å². The van der Waals surface area contributed by atoms with E-state index in [-0.39, 0.29) is 12.0 Å². The van der Waals surface area contributed by atoms with E-state index >= 15 is 0 Å². The number of nitrogens with zero attached hydrogens (tertiary/aromatic N) is 3. The second-order valence-corrected chi connectivity index (χ2v) is 7.29. The summed E-state index contributed by atoms with van der Waals surface area (Å²) in [6, 6.07) is 8.24. The Morgan fingerprint density at radius 3 is 2.74 bits per heavy atom. The molecule has 27 heavy (non-hydrogen) atoms. The number of aryl methyl sites for hydroxylation is 3. The van der Waals surface area contributed by atoms with Crippen LogP contribution in [0.2, 0.25) is 0 Å². The van der Waals surface area contributed by atoms with Crippen LogP contribution in [0.1, 0.15) is 29.9 Å². The zero-order valence-corrected chi connectivity index (χ0v) is 16.1. The predicted octanol–water partition coefficient (Wildman–Crippen LogP) is 3.40. The molecule has 0 N–H and O–H groups in total. The minimum Gasteiger partial charge on any atom is -0.490 e. The van der Waals surface area contributed by atoms with Crippen LogP contribution in [-0.4, -0.2) is 39.7 Å². The molecule has 0 aliphatic carbocycles. The van der Waals surface area contributed by atoms with Crippen LogP contribution < -0.4 is 4.74 Å². The van der Waals surface area contributed by atoms with Crippen LogP contribution in [0.4, 0.5) is 0 Å². The van der Waals surface area contributed by atoms with E-state index in [9.17, 15) is 4.79 Å². The summed E-state index contributed by atoms with van der Waals surface area (Å²) >= 11 is 0. The summed E-state index contributed by atoms with van der Waals surface area (Å²) in [6.07, 6.45) is 4.23. The van der Waals surface area contributed by atoms with E-state index in [1.54, 1.807) is 0 Å². The van der Waals surface area contributed by atoms with Gasteiger partial charge in [0, 0.05) is 50.1 Å². The Labute approximate surface area is 158 Å². The number of piperidine rings is 1. The highest BCUT2D eigenvalue weighted by atomic mass is 16.5. The molecule has 6 nitrogen and oxygen atoms in total.